The Labute approximate surface area is 77.2 Å². The van der Waals surface area contributed by atoms with Crippen LogP contribution in [-0.4, -0.2) is 0 Å². The van der Waals surface area contributed by atoms with E-state index in [2.05, 4.69) is 19.9 Å². The van der Waals surface area contributed by atoms with Gasteiger partial charge in [0.1, 0.15) is 0 Å². The summed E-state index contributed by atoms with van der Waals surface area (Å²) < 4.78 is 0.906. The van der Waals surface area contributed by atoms with Gasteiger partial charge in [-0.15, -0.1) is 11.3 Å². The van der Waals surface area contributed by atoms with Gasteiger partial charge < -0.3 is 0 Å². The van der Waals surface area contributed by atoms with Crippen molar-refractivity contribution in [3.63, 3.8) is 0 Å². The number of hydrogen-bond donors (Lipinski definition) is 0. The van der Waals surface area contributed by atoms with Crippen LogP contribution in [0.15, 0.2) is 12.1 Å². The Morgan fingerprint density at radius 2 is 2.18 bits per heavy atom. The number of thiophene rings is 1. The molecule has 0 aliphatic rings. The Morgan fingerprint density at radius 1 is 1.45 bits per heavy atom. The molecule has 0 spiro atoms. The molecule has 62 valence electrons. The average molecular weight is 189 g/mol. The molecule has 0 amide bonds. The lowest BCUT2D eigenvalue weighted by Crippen LogP contribution is -1.88. The Hall–Kier alpha value is -0.0100. The molecule has 0 unspecified atom stereocenters. The standard InChI is InChI=1S/C9H13ClS/c1-7(2)3-4-8-5-6-9(10)11-8/h5-7H,3-4H2,1-2H3. The van der Waals surface area contributed by atoms with Gasteiger partial charge in [-0.05, 0) is 30.9 Å². The molecular formula is C9H13ClS. The smallest absolute Gasteiger partial charge is 0.0931 e. The highest BCUT2D eigenvalue weighted by Crippen LogP contribution is 2.23. The third kappa shape index (κ3) is 3.26. The maximum Gasteiger partial charge on any atom is 0.0931 e. The summed E-state index contributed by atoms with van der Waals surface area (Å²) in [5.41, 5.74) is 0. The summed E-state index contributed by atoms with van der Waals surface area (Å²) in [5, 5.41) is 0. The molecule has 1 aromatic rings. The number of halogens is 1. The van der Waals surface area contributed by atoms with Crippen LogP contribution in [0.4, 0.5) is 0 Å². The predicted octanol–water partition coefficient (Wildman–Crippen LogP) is 3.99. The molecule has 0 radical (unpaired) electrons. The molecule has 0 aliphatic heterocycles. The normalized spacial score (nSPS) is 10.9. The number of hydrogen-bond acceptors (Lipinski definition) is 1. The molecule has 2 heteroatoms. The monoisotopic (exact) mass is 188 g/mol. The third-order valence-electron chi connectivity index (χ3n) is 1.60. The lowest BCUT2D eigenvalue weighted by atomic mass is 10.1. The van der Waals surface area contributed by atoms with E-state index < -0.39 is 0 Å². The summed E-state index contributed by atoms with van der Waals surface area (Å²) >= 11 is 7.49. The molecule has 0 N–H and O–H groups in total. The summed E-state index contributed by atoms with van der Waals surface area (Å²) in [5.74, 6) is 0.788. The molecule has 0 nitrogen and oxygen atoms in total. The van der Waals surface area contributed by atoms with Gasteiger partial charge >= 0.3 is 0 Å². The summed E-state index contributed by atoms with van der Waals surface area (Å²) in [7, 11) is 0. The van der Waals surface area contributed by atoms with Crippen LogP contribution < -0.4 is 0 Å². The molecule has 0 aliphatic carbocycles. The van der Waals surface area contributed by atoms with Crippen molar-refractivity contribution in [2.45, 2.75) is 26.7 Å². The summed E-state index contributed by atoms with van der Waals surface area (Å²) in [6.07, 6.45) is 2.44. The fraction of sp³-hybridized carbons (Fsp3) is 0.556. The van der Waals surface area contributed by atoms with Gasteiger partial charge in [-0.1, -0.05) is 25.4 Å². The fourth-order valence-electron chi connectivity index (χ4n) is 0.917. The maximum absolute atomic E-state index is 5.79. The molecule has 1 aromatic heterocycles. The van der Waals surface area contributed by atoms with Gasteiger partial charge in [-0.25, -0.2) is 0 Å². The summed E-state index contributed by atoms with van der Waals surface area (Å²) in [6.45, 7) is 4.49. The van der Waals surface area contributed by atoms with Crippen LogP contribution in [0, 0.1) is 5.92 Å². The van der Waals surface area contributed by atoms with Gasteiger partial charge in [0.2, 0.25) is 0 Å². The van der Waals surface area contributed by atoms with Crippen LogP contribution in [-0.2, 0) is 6.42 Å². The van der Waals surface area contributed by atoms with Crippen molar-refractivity contribution in [1.29, 1.82) is 0 Å². The van der Waals surface area contributed by atoms with Crippen LogP contribution in [0.25, 0.3) is 0 Å². The second kappa shape index (κ2) is 4.13. The minimum Gasteiger partial charge on any atom is -0.128 e. The largest absolute Gasteiger partial charge is 0.128 e. The van der Waals surface area contributed by atoms with Crippen molar-refractivity contribution in [2.24, 2.45) is 5.92 Å². The molecular weight excluding hydrogens is 176 g/mol. The van der Waals surface area contributed by atoms with Crippen LogP contribution in [0.2, 0.25) is 4.34 Å². The van der Waals surface area contributed by atoms with Gasteiger partial charge in [0, 0.05) is 4.88 Å². The fourth-order valence-corrected chi connectivity index (χ4v) is 2.02. The van der Waals surface area contributed by atoms with E-state index in [-0.39, 0.29) is 0 Å². The molecule has 0 fully saturated rings. The van der Waals surface area contributed by atoms with Crippen molar-refractivity contribution >= 4 is 22.9 Å². The van der Waals surface area contributed by atoms with E-state index in [1.54, 1.807) is 11.3 Å². The van der Waals surface area contributed by atoms with Gasteiger partial charge in [-0.3, -0.25) is 0 Å². The molecule has 0 saturated heterocycles. The van der Waals surface area contributed by atoms with Crippen molar-refractivity contribution in [3.8, 4) is 0 Å². The van der Waals surface area contributed by atoms with E-state index >= 15 is 0 Å². The topological polar surface area (TPSA) is 0 Å². The van der Waals surface area contributed by atoms with Crippen molar-refractivity contribution in [3.05, 3.63) is 21.3 Å². The quantitative estimate of drug-likeness (QED) is 0.673. The maximum atomic E-state index is 5.79. The Bertz CT molecular complexity index is 215. The molecule has 0 saturated carbocycles. The number of rotatable bonds is 3. The second-order valence-corrected chi connectivity index (χ2v) is 4.94. The van der Waals surface area contributed by atoms with Gasteiger partial charge in [0.25, 0.3) is 0 Å². The molecule has 1 rings (SSSR count). The lowest BCUT2D eigenvalue weighted by Gasteiger charge is -2.00. The molecule has 0 aromatic carbocycles. The van der Waals surface area contributed by atoms with Gasteiger partial charge in [0.05, 0.1) is 4.34 Å². The van der Waals surface area contributed by atoms with Crippen molar-refractivity contribution in [1.82, 2.24) is 0 Å². The molecule has 11 heavy (non-hydrogen) atoms. The van der Waals surface area contributed by atoms with E-state index in [4.69, 9.17) is 11.6 Å². The number of aryl methyl sites for hydroxylation is 1. The first-order chi connectivity index (χ1) is 5.18. The first-order valence-electron chi connectivity index (χ1n) is 3.92. The van der Waals surface area contributed by atoms with Crippen LogP contribution >= 0.6 is 22.9 Å². The third-order valence-corrected chi connectivity index (χ3v) is 2.89. The highest BCUT2D eigenvalue weighted by molar-refractivity contribution is 7.16. The van der Waals surface area contributed by atoms with E-state index in [1.807, 2.05) is 6.07 Å². The zero-order valence-electron chi connectivity index (χ0n) is 6.93. The lowest BCUT2D eigenvalue weighted by molar-refractivity contribution is 0.590. The predicted molar refractivity (Wildman–Crippen MR) is 52.5 cm³/mol. The zero-order valence-corrected chi connectivity index (χ0v) is 8.50. The summed E-state index contributed by atoms with van der Waals surface area (Å²) in [4.78, 5) is 1.41. The molecule has 0 atom stereocenters. The van der Waals surface area contributed by atoms with Gasteiger partial charge in [-0.2, -0.15) is 0 Å². The Morgan fingerprint density at radius 3 is 2.64 bits per heavy atom. The van der Waals surface area contributed by atoms with Crippen molar-refractivity contribution < 1.29 is 0 Å². The Balaban J connectivity index is 2.39. The molecule has 1 heterocycles. The highest BCUT2D eigenvalue weighted by Gasteiger charge is 1.99. The Kier molecular flexibility index (Phi) is 3.41. The van der Waals surface area contributed by atoms with E-state index in [9.17, 15) is 0 Å². The van der Waals surface area contributed by atoms with Crippen LogP contribution in [0.3, 0.4) is 0 Å². The zero-order chi connectivity index (χ0) is 8.27. The van der Waals surface area contributed by atoms with E-state index in [1.165, 1.54) is 17.7 Å². The van der Waals surface area contributed by atoms with Crippen LogP contribution in [0.5, 0.6) is 0 Å². The SMILES string of the molecule is CC(C)CCc1ccc(Cl)s1. The second-order valence-electron chi connectivity index (χ2n) is 3.14. The minimum absolute atomic E-state index is 0.788. The average Bonchev–Trinajstić information content (AvgIpc) is 2.31. The first-order valence-corrected chi connectivity index (χ1v) is 5.12. The minimum atomic E-state index is 0.788. The molecule has 0 bridgehead atoms. The van der Waals surface area contributed by atoms with Crippen LogP contribution in [0.1, 0.15) is 25.1 Å². The van der Waals surface area contributed by atoms with E-state index in [0.717, 1.165) is 10.3 Å². The van der Waals surface area contributed by atoms with Crippen molar-refractivity contribution in [2.75, 3.05) is 0 Å². The summed E-state index contributed by atoms with van der Waals surface area (Å²) in [6, 6.07) is 4.09. The van der Waals surface area contributed by atoms with Gasteiger partial charge in [0.15, 0.2) is 0 Å². The first kappa shape index (κ1) is 9.08. The van der Waals surface area contributed by atoms with E-state index in [0.29, 0.717) is 0 Å². The highest BCUT2D eigenvalue weighted by atomic mass is 35.5.